The van der Waals surface area contributed by atoms with Gasteiger partial charge in [-0.15, -0.1) is 11.8 Å². The molecule has 16 heavy (non-hydrogen) atoms. The number of carboxylic acids is 1. The first-order valence-electron chi connectivity index (χ1n) is 4.93. The molecule has 1 heterocycles. The number of thioether (sulfide) groups is 1. The lowest BCUT2D eigenvalue weighted by Crippen LogP contribution is -1.94. The summed E-state index contributed by atoms with van der Waals surface area (Å²) in [5.74, 6) is 0.0735. The van der Waals surface area contributed by atoms with E-state index in [-0.39, 0.29) is 6.42 Å². The summed E-state index contributed by atoms with van der Waals surface area (Å²) in [4.78, 5) is 14.4. The molecule has 1 rings (SSSR count). The third kappa shape index (κ3) is 4.80. The second kappa shape index (κ2) is 6.85. The van der Waals surface area contributed by atoms with Gasteiger partial charge in [-0.25, -0.2) is 4.98 Å². The second-order valence-corrected chi connectivity index (χ2v) is 4.31. The summed E-state index contributed by atoms with van der Waals surface area (Å²) >= 11 is 1.55. The van der Waals surface area contributed by atoms with Gasteiger partial charge in [-0.1, -0.05) is 0 Å². The average molecular weight is 236 g/mol. The van der Waals surface area contributed by atoms with Crippen LogP contribution in [0.4, 0.5) is 0 Å². The van der Waals surface area contributed by atoms with E-state index in [0.717, 1.165) is 17.2 Å². The standard InChI is InChI=1S/C11H12N2O2S/c12-8-9-4-5-13-10(7-9)16-6-2-1-3-11(14)15/h4-5,7H,1-3,6H2,(H,14,15). The number of hydrogen-bond donors (Lipinski definition) is 1. The van der Waals surface area contributed by atoms with E-state index in [1.165, 1.54) is 0 Å². The van der Waals surface area contributed by atoms with Crippen molar-refractivity contribution in [1.82, 2.24) is 4.98 Å². The van der Waals surface area contributed by atoms with Crippen LogP contribution >= 0.6 is 11.8 Å². The van der Waals surface area contributed by atoms with Crippen molar-refractivity contribution < 1.29 is 9.90 Å². The molecule has 0 aliphatic rings. The van der Waals surface area contributed by atoms with Gasteiger partial charge < -0.3 is 5.11 Å². The lowest BCUT2D eigenvalue weighted by Gasteiger charge is -2.00. The van der Waals surface area contributed by atoms with Crippen LogP contribution in [0.5, 0.6) is 0 Å². The van der Waals surface area contributed by atoms with E-state index < -0.39 is 5.97 Å². The number of carboxylic acid groups (broad SMARTS) is 1. The van der Waals surface area contributed by atoms with Crippen LogP contribution in [0.2, 0.25) is 0 Å². The smallest absolute Gasteiger partial charge is 0.303 e. The maximum Gasteiger partial charge on any atom is 0.303 e. The van der Waals surface area contributed by atoms with Crippen molar-refractivity contribution in [2.24, 2.45) is 0 Å². The second-order valence-electron chi connectivity index (χ2n) is 3.19. The van der Waals surface area contributed by atoms with Gasteiger partial charge in [0.15, 0.2) is 0 Å². The molecule has 4 nitrogen and oxygen atoms in total. The maximum absolute atomic E-state index is 10.3. The molecule has 1 aromatic heterocycles. The summed E-state index contributed by atoms with van der Waals surface area (Å²) < 4.78 is 0. The van der Waals surface area contributed by atoms with E-state index in [9.17, 15) is 4.79 Å². The van der Waals surface area contributed by atoms with Gasteiger partial charge in [-0.3, -0.25) is 4.79 Å². The van der Waals surface area contributed by atoms with Gasteiger partial charge in [0.1, 0.15) is 0 Å². The third-order valence-electron chi connectivity index (χ3n) is 1.90. The van der Waals surface area contributed by atoms with Crippen LogP contribution in [0.15, 0.2) is 23.4 Å². The van der Waals surface area contributed by atoms with Gasteiger partial charge in [0.2, 0.25) is 0 Å². The number of unbranched alkanes of at least 4 members (excludes halogenated alkanes) is 1. The van der Waals surface area contributed by atoms with Crippen LogP contribution in [-0.4, -0.2) is 21.8 Å². The Morgan fingerprint density at radius 1 is 1.56 bits per heavy atom. The lowest BCUT2D eigenvalue weighted by molar-refractivity contribution is -0.137. The van der Waals surface area contributed by atoms with Gasteiger partial charge in [0, 0.05) is 12.6 Å². The molecule has 0 aliphatic heterocycles. The van der Waals surface area contributed by atoms with Crippen LogP contribution in [0, 0.1) is 11.3 Å². The van der Waals surface area contributed by atoms with Crippen LogP contribution in [-0.2, 0) is 4.79 Å². The SMILES string of the molecule is N#Cc1ccnc(SCCCCC(=O)O)c1. The average Bonchev–Trinajstić information content (AvgIpc) is 2.28. The Hall–Kier alpha value is -1.54. The minimum atomic E-state index is -0.755. The van der Waals surface area contributed by atoms with Crippen molar-refractivity contribution in [2.75, 3.05) is 5.75 Å². The molecular weight excluding hydrogens is 224 g/mol. The fraction of sp³-hybridized carbons (Fsp3) is 0.364. The highest BCUT2D eigenvalue weighted by Gasteiger charge is 1.99. The van der Waals surface area contributed by atoms with E-state index in [1.807, 2.05) is 0 Å². The summed E-state index contributed by atoms with van der Waals surface area (Å²) in [5, 5.41) is 17.9. The van der Waals surface area contributed by atoms with Gasteiger partial charge in [-0.2, -0.15) is 5.26 Å². The zero-order valence-corrected chi connectivity index (χ0v) is 9.54. The number of carbonyl (C=O) groups is 1. The van der Waals surface area contributed by atoms with Crippen molar-refractivity contribution in [3.8, 4) is 6.07 Å². The molecule has 0 fully saturated rings. The Kier molecular flexibility index (Phi) is 5.37. The largest absolute Gasteiger partial charge is 0.481 e. The quantitative estimate of drug-likeness (QED) is 0.606. The first kappa shape index (κ1) is 12.5. The number of rotatable bonds is 6. The Labute approximate surface area is 98.3 Å². The molecule has 0 aromatic carbocycles. The molecular formula is C11H12N2O2S. The molecule has 0 bridgehead atoms. The number of hydrogen-bond acceptors (Lipinski definition) is 4. The zero-order valence-electron chi connectivity index (χ0n) is 8.72. The highest BCUT2D eigenvalue weighted by atomic mass is 32.2. The molecule has 1 N–H and O–H groups in total. The number of nitrogens with zero attached hydrogens (tertiary/aromatic N) is 2. The zero-order chi connectivity index (χ0) is 11.8. The van der Waals surface area contributed by atoms with Gasteiger partial charge in [0.05, 0.1) is 16.7 Å². The van der Waals surface area contributed by atoms with Crippen LogP contribution in [0.3, 0.4) is 0 Å². The fourth-order valence-corrected chi connectivity index (χ4v) is 2.02. The van der Waals surface area contributed by atoms with Crippen LogP contribution in [0.1, 0.15) is 24.8 Å². The first-order valence-corrected chi connectivity index (χ1v) is 5.91. The van der Waals surface area contributed by atoms with Crippen LogP contribution < -0.4 is 0 Å². The van der Waals surface area contributed by atoms with Crippen molar-refractivity contribution in [1.29, 1.82) is 5.26 Å². The maximum atomic E-state index is 10.3. The molecule has 5 heteroatoms. The predicted octanol–water partition coefficient (Wildman–Crippen LogP) is 2.30. The van der Waals surface area contributed by atoms with E-state index in [4.69, 9.17) is 10.4 Å². The minimum absolute atomic E-state index is 0.215. The predicted molar refractivity (Wildman–Crippen MR) is 61.2 cm³/mol. The van der Waals surface area contributed by atoms with E-state index in [2.05, 4.69) is 11.1 Å². The molecule has 1 aromatic rings. The fourth-order valence-electron chi connectivity index (χ4n) is 1.11. The van der Waals surface area contributed by atoms with E-state index in [1.54, 1.807) is 30.1 Å². The van der Waals surface area contributed by atoms with Gasteiger partial charge >= 0.3 is 5.97 Å². The van der Waals surface area contributed by atoms with Gasteiger partial charge in [0.25, 0.3) is 0 Å². The highest BCUT2D eigenvalue weighted by Crippen LogP contribution is 2.17. The number of pyridine rings is 1. The summed E-state index contributed by atoms with van der Waals surface area (Å²) in [6.45, 7) is 0. The van der Waals surface area contributed by atoms with E-state index >= 15 is 0 Å². The van der Waals surface area contributed by atoms with Gasteiger partial charge in [-0.05, 0) is 30.7 Å². The van der Waals surface area contributed by atoms with Crippen LogP contribution in [0.25, 0.3) is 0 Å². The monoisotopic (exact) mass is 236 g/mol. The molecule has 0 radical (unpaired) electrons. The van der Waals surface area contributed by atoms with Crippen molar-refractivity contribution in [3.05, 3.63) is 23.9 Å². The molecule has 0 saturated carbocycles. The Morgan fingerprint density at radius 2 is 2.38 bits per heavy atom. The normalized spacial score (nSPS) is 9.69. The molecule has 0 saturated heterocycles. The number of nitriles is 1. The Balaban J connectivity index is 2.27. The number of aromatic nitrogens is 1. The number of aliphatic carboxylic acids is 1. The molecule has 0 atom stereocenters. The molecule has 84 valence electrons. The van der Waals surface area contributed by atoms with Crippen molar-refractivity contribution in [3.63, 3.8) is 0 Å². The molecule has 0 aliphatic carbocycles. The lowest BCUT2D eigenvalue weighted by atomic mass is 10.2. The molecule has 0 spiro atoms. The summed E-state index contributed by atoms with van der Waals surface area (Å²) in [6.07, 6.45) is 3.35. The third-order valence-corrected chi connectivity index (χ3v) is 2.91. The molecule has 0 unspecified atom stereocenters. The highest BCUT2D eigenvalue weighted by molar-refractivity contribution is 7.99. The Bertz CT molecular complexity index is 401. The topological polar surface area (TPSA) is 74.0 Å². The van der Waals surface area contributed by atoms with Crippen molar-refractivity contribution >= 4 is 17.7 Å². The minimum Gasteiger partial charge on any atom is -0.481 e. The molecule has 0 amide bonds. The summed E-state index contributed by atoms with van der Waals surface area (Å²) in [6, 6.07) is 5.45. The van der Waals surface area contributed by atoms with Crippen molar-refractivity contribution in [2.45, 2.75) is 24.3 Å². The summed E-state index contributed by atoms with van der Waals surface area (Å²) in [7, 11) is 0. The van der Waals surface area contributed by atoms with E-state index in [0.29, 0.717) is 12.0 Å². The Morgan fingerprint density at radius 3 is 3.06 bits per heavy atom. The summed E-state index contributed by atoms with van der Waals surface area (Å²) in [5.41, 5.74) is 0.600. The first-order chi connectivity index (χ1) is 7.72.